The number of hydrogen-bond donors (Lipinski definition) is 3. The molecule has 0 heterocycles. The molecule has 0 saturated heterocycles. The van der Waals surface area contributed by atoms with E-state index in [0.717, 1.165) is 31.7 Å². The first-order valence-electron chi connectivity index (χ1n) is 6.63. The molecule has 4 nitrogen and oxygen atoms in total. The van der Waals surface area contributed by atoms with E-state index in [0.29, 0.717) is 5.25 Å². The van der Waals surface area contributed by atoms with E-state index in [4.69, 9.17) is 10.8 Å². The van der Waals surface area contributed by atoms with Gasteiger partial charge in [0.1, 0.15) is 5.82 Å². The third-order valence-electron chi connectivity index (χ3n) is 3.74. The van der Waals surface area contributed by atoms with Gasteiger partial charge in [-0.25, -0.2) is 9.18 Å². The van der Waals surface area contributed by atoms with Gasteiger partial charge >= 0.3 is 5.97 Å². The van der Waals surface area contributed by atoms with Crippen LogP contribution in [0.1, 0.15) is 36.0 Å². The molecule has 0 aromatic heterocycles. The van der Waals surface area contributed by atoms with Gasteiger partial charge in [0.15, 0.2) is 0 Å². The topological polar surface area (TPSA) is 75.3 Å². The van der Waals surface area contributed by atoms with Gasteiger partial charge in [-0.15, -0.1) is 0 Å². The molecule has 0 aliphatic heterocycles. The van der Waals surface area contributed by atoms with Crippen molar-refractivity contribution >= 4 is 29.1 Å². The first-order valence-corrected chi connectivity index (χ1v) is 7.91. The molecule has 1 fully saturated rings. The summed E-state index contributed by atoms with van der Waals surface area (Å²) in [5.74, 6) is -1.64. The Morgan fingerprint density at radius 2 is 2.05 bits per heavy atom. The molecule has 0 radical (unpaired) electrons. The van der Waals surface area contributed by atoms with Gasteiger partial charge in [-0.05, 0) is 44.1 Å². The van der Waals surface area contributed by atoms with Crippen LogP contribution in [0.15, 0.2) is 12.1 Å². The minimum atomic E-state index is -1.14. The van der Waals surface area contributed by atoms with Crippen LogP contribution in [-0.4, -0.2) is 28.6 Å². The maximum atomic E-state index is 13.9. The molecule has 20 heavy (non-hydrogen) atoms. The van der Waals surface area contributed by atoms with Crippen LogP contribution in [0.2, 0.25) is 0 Å². The molecule has 0 spiro atoms. The number of nitrogens with two attached hydrogens (primary N) is 1. The summed E-state index contributed by atoms with van der Waals surface area (Å²) in [5, 5.41) is 12.8. The fourth-order valence-electron chi connectivity index (χ4n) is 2.55. The van der Waals surface area contributed by atoms with Gasteiger partial charge in [0.05, 0.1) is 11.3 Å². The molecule has 2 rings (SSSR count). The number of carbonyl (C=O) groups is 1. The molecule has 110 valence electrons. The van der Waals surface area contributed by atoms with Crippen LogP contribution in [0.5, 0.6) is 0 Å². The van der Waals surface area contributed by atoms with Crippen molar-refractivity contribution in [2.24, 2.45) is 0 Å². The number of nitrogens with one attached hydrogen (secondary N) is 1. The first-order chi connectivity index (χ1) is 9.51. The van der Waals surface area contributed by atoms with Crippen LogP contribution >= 0.6 is 11.8 Å². The highest BCUT2D eigenvalue weighted by atomic mass is 32.2. The number of halogens is 1. The molecule has 4 N–H and O–H groups in total. The zero-order valence-corrected chi connectivity index (χ0v) is 12.2. The van der Waals surface area contributed by atoms with Crippen molar-refractivity contribution in [2.45, 2.75) is 37.0 Å². The SMILES string of the molecule is CSC1CCC(Nc2cc(C(=O)O)c(N)cc2F)CC1. The molecule has 1 aliphatic carbocycles. The van der Waals surface area contributed by atoms with Crippen molar-refractivity contribution in [2.75, 3.05) is 17.3 Å². The summed E-state index contributed by atoms with van der Waals surface area (Å²) in [5.41, 5.74) is 5.62. The second-order valence-electron chi connectivity index (χ2n) is 5.08. The number of anilines is 2. The van der Waals surface area contributed by atoms with Crippen molar-refractivity contribution < 1.29 is 14.3 Å². The average molecular weight is 298 g/mol. The molecular formula is C14H19FN2O2S. The summed E-state index contributed by atoms with van der Waals surface area (Å²) in [6.07, 6.45) is 6.25. The smallest absolute Gasteiger partial charge is 0.337 e. The quantitative estimate of drug-likeness (QED) is 0.744. The number of nitrogen functional groups attached to an aromatic ring is 1. The minimum Gasteiger partial charge on any atom is -0.478 e. The summed E-state index contributed by atoms with van der Waals surface area (Å²) in [4.78, 5) is 11.0. The van der Waals surface area contributed by atoms with Crippen molar-refractivity contribution in [1.82, 2.24) is 0 Å². The van der Waals surface area contributed by atoms with Gasteiger partial charge in [0.2, 0.25) is 0 Å². The number of hydrogen-bond acceptors (Lipinski definition) is 4. The van der Waals surface area contributed by atoms with Crippen LogP contribution < -0.4 is 11.1 Å². The maximum Gasteiger partial charge on any atom is 0.337 e. The van der Waals surface area contributed by atoms with Crippen molar-refractivity contribution in [3.63, 3.8) is 0 Å². The Morgan fingerprint density at radius 3 is 2.60 bits per heavy atom. The lowest BCUT2D eigenvalue weighted by Crippen LogP contribution is -2.27. The van der Waals surface area contributed by atoms with E-state index in [9.17, 15) is 9.18 Å². The van der Waals surface area contributed by atoms with Crippen molar-refractivity contribution in [1.29, 1.82) is 0 Å². The molecule has 1 aromatic carbocycles. The summed E-state index contributed by atoms with van der Waals surface area (Å²) < 4.78 is 13.9. The van der Waals surface area contributed by atoms with E-state index in [1.165, 1.54) is 6.07 Å². The lowest BCUT2D eigenvalue weighted by molar-refractivity contribution is 0.0698. The Hall–Kier alpha value is -1.43. The van der Waals surface area contributed by atoms with Gasteiger partial charge in [-0.2, -0.15) is 11.8 Å². The van der Waals surface area contributed by atoms with Gasteiger partial charge < -0.3 is 16.2 Å². The predicted octanol–water partition coefficient (Wildman–Crippen LogP) is 3.19. The highest BCUT2D eigenvalue weighted by Gasteiger charge is 2.22. The minimum absolute atomic E-state index is 0.0494. The first kappa shape index (κ1) is 15.0. The van der Waals surface area contributed by atoms with Crippen LogP contribution in [-0.2, 0) is 0 Å². The molecule has 0 unspecified atom stereocenters. The lowest BCUT2D eigenvalue weighted by Gasteiger charge is -2.29. The molecule has 0 atom stereocenters. The summed E-state index contributed by atoms with van der Waals surface area (Å²) in [6, 6.07) is 2.55. The van der Waals surface area contributed by atoms with E-state index in [1.807, 2.05) is 11.8 Å². The molecule has 0 bridgehead atoms. The van der Waals surface area contributed by atoms with E-state index < -0.39 is 11.8 Å². The van der Waals surface area contributed by atoms with E-state index >= 15 is 0 Å². The predicted molar refractivity (Wildman–Crippen MR) is 81.0 cm³/mol. The third kappa shape index (κ3) is 3.36. The highest BCUT2D eigenvalue weighted by molar-refractivity contribution is 7.99. The molecule has 1 aromatic rings. The Kier molecular flexibility index (Phi) is 4.75. The number of carboxylic acid groups (broad SMARTS) is 1. The largest absolute Gasteiger partial charge is 0.478 e. The van der Waals surface area contributed by atoms with Crippen molar-refractivity contribution in [3.8, 4) is 0 Å². The molecule has 6 heteroatoms. The van der Waals surface area contributed by atoms with Gasteiger partial charge in [0, 0.05) is 17.0 Å². The monoisotopic (exact) mass is 298 g/mol. The summed E-state index contributed by atoms with van der Waals surface area (Å²) >= 11 is 1.87. The molecular weight excluding hydrogens is 279 g/mol. The van der Waals surface area contributed by atoms with Crippen LogP contribution in [0.25, 0.3) is 0 Å². The number of rotatable bonds is 4. The van der Waals surface area contributed by atoms with E-state index in [1.54, 1.807) is 0 Å². The fourth-order valence-corrected chi connectivity index (χ4v) is 3.29. The van der Waals surface area contributed by atoms with Crippen LogP contribution in [0.3, 0.4) is 0 Å². The molecule has 0 amide bonds. The zero-order chi connectivity index (χ0) is 14.7. The Balaban J connectivity index is 2.10. The maximum absolute atomic E-state index is 13.9. The number of aromatic carboxylic acids is 1. The second kappa shape index (κ2) is 6.35. The van der Waals surface area contributed by atoms with Crippen molar-refractivity contribution in [3.05, 3.63) is 23.5 Å². The summed E-state index contributed by atoms with van der Waals surface area (Å²) in [7, 11) is 0. The summed E-state index contributed by atoms with van der Waals surface area (Å²) in [6.45, 7) is 0. The van der Waals surface area contributed by atoms with E-state index in [2.05, 4.69) is 11.6 Å². The second-order valence-corrected chi connectivity index (χ2v) is 6.22. The fraction of sp³-hybridized carbons (Fsp3) is 0.500. The van der Waals surface area contributed by atoms with Gasteiger partial charge in [0.25, 0.3) is 0 Å². The standard InChI is InChI=1S/C14H19FN2O2S/c1-20-9-4-2-8(3-5-9)17-13-6-10(14(18)19)12(16)7-11(13)15/h6-9,17H,2-5,16H2,1H3,(H,18,19). The third-order valence-corrected chi connectivity index (χ3v) is 4.87. The van der Waals surface area contributed by atoms with Crippen LogP contribution in [0, 0.1) is 5.82 Å². The zero-order valence-electron chi connectivity index (χ0n) is 11.4. The Bertz CT molecular complexity index is 502. The molecule has 1 aliphatic rings. The van der Waals surface area contributed by atoms with Crippen LogP contribution in [0.4, 0.5) is 15.8 Å². The van der Waals surface area contributed by atoms with E-state index in [-0.39, 0.29) is 23.0 Å². The lowest BCUT2D eigenvalue weighted by atomic mass is 9.94. The number of benzene rings is 1. The van der Waals surface area contributed by atoms with Gasteiger partial charge in [-0.3, -0.25) is 0 Å². The highest BCUT2D eigenvalue weighted by Crippen LogP contribution is 2.30. The number of carboxylic acids is 1. The van der Waals surface area contributed by atoms with Gasteiger partial charge in [-0.1, -0.05) is 0 Å². The normalized spacial score (nSPS) is 22.5. The number of thioether (sulfide) groups is 1. The molecule has 1 saturated carbocycles. The Labute approximate surface area is 121 Å². The average Bonchev–Trinajstić information content (AvgIpc) is 2.42. The Morgan fingerprint density at radius 1 is 1.40 bits per heavy atom.